The van der Waals surface area contributed by atoms with Crippen molar-refractivity contribution in [2.75, 3.05) is 19.5 Å². The van der Waals surface area contributed by atoms with Gasteiger partial charge in [0.15, 0.2) is 0 Å². The lowest BCUT2D eigenvalue weighted by Gasteiger charge is -2.11. The average Bonchev–Trinajstić information content (AvgIpc) is 3.06. The van der Waals surface area contributed by atoms with E-state index in [0.717, 1.165) is 28.2 Å². The number of methoxy groups -OCH3 is 2. The Kier molecular flexibility index (Phi) is 6.94. The Hall–Kier alpha value is -4.07. The normalized spacial score (nSPS) is 10.8. The number of amides is 2. The van der Waals surface area contributed by atoms with Crippen LogP contribution in [0.3, 0.4) is 0 Å². The van der Waals surface area contributed by atoms with Crippen LogP contribution in [0, 0.1) is 20.8 Å². The van der Waals surface area contributed by atoms with E-state index >= 15 is 0 Å². The number of ether oxygens (including phenoxy) is 2. The number of hydrogen-bond donors (Lipinski definition) is 2. The van der Waals surface area contributed by atoms with Crippen LogP contribution in [0.2, 0.25) is 0 Å². The van der Waals surface area contributed by atoms with Crippen LogP contribution in [0.25, 0.3) is 5.69 Å². The largest absolute Gasteiger partial charge is 0.497 e. The van der Waals surface area contributed by atoms with Crippen molar-refractivity contribution in [1.82, 2.24) is 9.99 Å². The van der Waals surface area contributed by atoms with Gasteiger partial charge in [0, 0.05) is 28.7 Å². The fourth-order valence-corrected chi connectivity index (χ4v) is 3.37. The molecule has 3 aromatic rings. The fraction of sp³-hybridized carbons (Fsp3) is 0.208. The highest BCUT2D eigenvalue weighted by Gasteiger charge is 2.16. The Balaban J connectivity index is 1.68. The van der Waals surface area contributed by atoms with E-state index in [0.29, 0.717) is 17.2 Å². The molecule has 0 unspecified atom stereocenters. The second kappa shape index (κ2) is 9.82. The number of rotatable bonds is 6. The number of aryl methyl sites for hydroxylation is 2. The quantitative estimate of drug-likeness (QED) is 0.353. The second-order valence-electron chi connectivity index (χ2n) is 7.22. The Morgan fingerprint density at radius 2 is 1.75 bits per heavy atom. The third kappa shape index (κ3) is 4.97. The van der Waals surface area contributed by atoms with Gasteiger partial charge in [-0.3, -0.25) is 9.59 Å². The number of nitrogens with one attached hydrogen (secondary N) is 2. The molecular formula is C24H26N4O4. The van der Waals surface area contributed by atoms with Crippen LogP contribution in [0.5, 0.6) is 11.5 Å². The molecule has 166 valence electrons. The number of hydrogen-bond acceptors (Lipinski definition) is 5. The first-order valence-electron chi connectivity index (χ1n) is 9.96. The molecule has 0 atom stereocenters. The van der Waals surface area contributed by atoms with Gasteiger partial charge in [0.2, 0.25) is 0 Å². The van der Waals surface area contributed by atoms with Gasteiger partial charge in [0.25, 0.3) is 0 Å². The first-order valence-corrected chi connectivity index (χ1v) is 9.96. The van der Waals surface area contributed by atoms with E-state index in [1.165, 1.54) is 20.4 Å². The molecule has 2 amide bonds. The summed E-state index contributed by atoms with van der Waals surface area (Å²) < 4.78 is 12.4. The fourth-order valence-electron chi connectivity index (χ4n) is 3.37. The van der Waals surface area contributed by atoms with Gasteiger partial charge in [-0.25, -0.2) is 5.43 Å². The minimum atomic E-state index is -0.897. The Labute approximate surface area is 186 Å². The van der Waals surface area contributed by atoms with Crippen molar-refractivity contribution in [1.29, 1.82) is 0 Å². The highest BCUT2D eigenvalue weighted by atomic mass is 16.5. The number of anilines is 1. The summed E-state index contributed by atoms with van der Waals surface area (Å²) in [6.45, 7) is 6.02. The zero-order valence-electron chi connectivity index (χ0n) is 18.7. The lowest BCUT2D eigenvalue weighted by Crippen LogP contribution is -2.32. The van der Waals surface area contributed by atoms with Gasteiger partial charge in [-0.2, -0.15) is 5.10 Å². The lowest BCUT2D eigenvalue weighted by molar-refractivity contribution is -0.136. The monoisotopic (exact) mass is 434 g/mol. The van der Waals surface area contributed by atoms with Crippen LogP contribution in [0.1, 0.15) is 22.5 Å². The highest BCUT2D eigenvalue weighted by Crippen LogP contribution is 2.28. The van der Waals surface area contributed by atoms with Gasteiger partial charge >= 0.3 is 11.8 Å². The van der Waals surface area contributed by atoms with E-state index in [1.54, 1.807) is 18.2 Å². The summed E-state index contributed by atoms with van der Waals surface area (Å²) in [7, 11) is 2.98. The molecule has 32 heavy (non-hydrogen) atoms. The van der Waals surface area contributed by atoms with E-state index < -0.39 is 11.8 Å². The van der Waals surface area contributed by atoms with E-state index in [1.807, 2.05) is 45.0 Å². The average molecular weight is 434 g/mol. The minimum absolute atomic E-state index is 0.346. The van der Waals surface area contributed by atoms with Gasteiger partial charge in [0.1, 0.15) is 11.5 Å². The topological polar surface area (TPSA) is 94.0 Å². The van der Waals surface area contributed by atoms with Crippen LogP contribution in [0.15, 0.2) is 53.6 Å². The molecule has 0 spiro atoms. The van der Waals surface area contributed by atoms with E-state index in [-0.39, 0.29) is 0 Å². The minimum Gasteiger partial charge on any atom is -0.497 e. The summed E-state index contributed by atoms with van der Waals surface area (Å²) in [6.07, 6.45) is 1.52. The molecule has 8 nitrogen and oxygen atoms in total. The standard InChI is InChI=1S/C24H26N4O4/c1-15-7-6-8-19(11-15)28-16(2)12-18(17(28)3)14-25-27-24(30)23(29)26-21-10-9-20(31-4)13-22(21)32-5/h6-14H,1-5H3,(H,26,29)(H,27,30)/b25-14-. The first-order chi connectivity index (χ1) is 15.3. The number of carbonyl (C=O) groups excluding carboxylic acids is 2. The van der Waals surface area contributed by atoms with Crippen LogP contribution >= 0.6 is 0 Å². The van der Waals surface area contributed by atoms with Gasteiger partial charge in [-0.05, 0) is 56.7 Å². The number of hydrazone groups is 1. The van der Waals surface area contributed by atoms with Crippen molar-refractivity contribution in [3.63, 3.8) is 0 Å². The highest BCUT2D eigenvalue weighted by molar-refractivity contribution is 6.39. The molecule has 0 saturated heterocycles. The maximum Gasteiger partial charge on any atom is 0.329 e. The summed E-state index contributed by atoms with van der Waals surface area (Å²) in [4.78, 5) is 24.4. The molecule has 0 saturated carbocycles. The molecule has 0 aliphatic rings. The van der Waals surface area contributed by atoms with Gasteiger partial charge in [-0.1, -0.05) is 12.1 Å². The molecular weight excluding hydrogens is 408 g/mol. The number of aromatic nitrogens is 1. The third-order valence-electron chi connectivity index (χ3n) is 4.96. The molecule has 2 aromatic carbocycles. The molecule has 3 rings (SSSR count). The van der Waals surface area contributed by atoms with Gasteiger partial charge in [0.05, 0.1) is 26.1 Å². The van der Waals surface area contributed by atoms with Crippen molar-refractivity contribution >= 4 is 23.7 Å². The van der Waals surface area contributed by atoms with Crippen molar-refractivity contribution in [3.05, 3.63) is 71.0 Å². The maximum absolute atomic E-state index is 12.2. The summed E-state index contributed by atoms with van der Waals surface area (Å²) >= 11 is 0. The van der Waals surface area contributed by atoms with Crippen molar-refractivity contribution in [2.45, 2.75) is 20.8 Å². The number of nitrogens with zero attached hydrogens (tertiary/aromatic N) is 2. The molecule has 0 aliphatic heterocycles. The van der Waals surface area contributed by atoms with E-state index in [4.69, 9.17) is 9.47 Å². The molecule has 0 fully saturated rings. The van der Waals surface area contributed by atoms with Crippen LogP contribution in [-0.2, 0) is 9.59 Å². The zero-order valence-corrected chi connectivity index (χ0v) is 18.7. The molecule has 2 N–H and O–H groups in total. The van der Waals surface area contributed by atoms with Gasteiger partial charge < -0.3 is 19.4 Å². The van der Waals surface area contributed by atoms with Crippen LogP contribution in [0.4, 0.5) is 5.69 Å². The van der Waals surface area contributed by atoms with Crippen molar-refractivity contribution < 1.29 is 19.1 Å². The van der Waals surface area contributed by atoms with Crippen molar-refractivity contribution in [3.8, 4) is 17.2 Å². The van der Waals surface area contributed by atoms with Crippen LogP contribution < -0.4 is 20.2 Å². The smallest absolute Gasteiger partial charge is 0.329 e. The molecule has 0 bridgehead atoms. The maximum atomic E-state index is 12.2. The zero-order chi connectivity index (χ0) is 23.3. The number of benzene rings is 2. The molecule has 8 heteroatoms. The first kappa shape index (κ1) is 22.6. The van der Waals surface area contributed by atoms with E-state index in [2.05, 4.69) is 26.5 Å². The number of carbonyl (C=O) groups is 2. The Morgan fingerprint density at radius 3 is 2.44 bits per heavy atom. The van der Waals surface area contributed by atoms with E-state index in [9.17, 15) is 9.59 Å². The molecule has 1 aromatic heterocycles. The second-order valence-corrected chi connectivity index (χ2v) is 7.22. The summed E-state index contributed by atoms with van der Waals surface area (Å²) in [6, 6.07) is 15.0. The van der Waals surface area contributed by atoms with Crippen LogP contribution in [-0.4, -0.2) is 36.8 Å². The Morgan fingerprint density at radius 1 is 0.969 bits per heavy atom. The van der Waals surface area contributed by atoms with Gasteiger partial charge in [-0.15, -0.1) is 0 Å². The third-order valence-corrected chi connectivity index (χ3v) is 4.96. The predicted molar refractivity (Wildman–Crippen MR) is 124 cm³/mol. The SMILES string of the molecule is COc1ccc(NC(=O)C(=O)N/N=C\c2cc(C)n(-c3cccc(C)c3)c2C)c(OC)c1. The molecule has 1 heterocycles. The summed E-state index contributed by atoms with van der Waals surface area (Å²) in [5.41, 5.74) is 7.66. The predicted octanol–water partition coefficient (Wildman–Crippen LogP) is 3.51. The van der Waals surface area contributed by atoms with Crippen molar-refractivity contribution in [2.24, 2.45) is 5.10 Å². The summed E-state index contributed by atoms with van der Waals surface area (Å²) in [5.74, 6) is -0.822. The molecule has 0 aliphatic carbocycles. The molecule has 0 radical (unpaired) electrons. The summed E-state index contributed by atoms with van der Waals surface area (Å²) in [5, 5.41) is 6.45. The Bertz CT molecular complexity index is 1180. The lowest BCUT2D eigenvalue weighted by atomic mass is 10.2.